The number of aliphatic hydroxyl groups is 1. The van der Waals surface area contributed by atoms with Gasteiger partial charge in [0.1, 0.15) is 35.0 Å². The third-order valence-electron chi connectivity index (χ3n) is 7.42. The molecule has 4 N–H and O–H groups in total. The molecule has 6 rings (SSSR count). The van der Waals surface area contributed by atoms with Crippen molar-refractivity contribution >= 4 is 16.8 Å². The van der Waals surface area contributed by atoms with Crippen molar-refractivity contribution in [1.29, 1.82) is 0 Å². The van der Waals surface area contributed by atoms with Gasteiger partial charge in [0.05, 0.1) is 18.3 Å². The molecular formula is C30H26F4N4O4. The minimum Gasteiger partial charge on any atom is -0.488 e. The van der Waals surface area contributed by atoms with Gasteiger partial charge in [0.2, 0.25) is 0 Å². The highest BCUT2D eigenvalue weighted by atomic mass is 19.4. The zero-order valence-electron chi connectivity index (χ0n) is 22.3. The molecule has 0 spiro atoms. The van der Waals surface area contributed by atoms with E-state index in [0.717, 1.165) is 31.0 Å². The van der Waals surface area contributed by atoms with Crippen LogP contribution in [0, 0.1) is 5.82 Å². The van der Waals surface area contributed by atoms with Crippen LogP contribution >= 0.6 is 0 Å². The van der Waals surface area contributed by atoms with Crippen LogP contribution in [-0.4, -0.2) is 46.4 Å². The van der Waals surface area contributed by atoms with Crippen LogP contribution in [0.1, 0.15) is 41.4 Å². The molecule has 1 aliphatic heterocycles. The Morgan fingerprint density at radius 1 is 1.19 bits per heavy atom. The lowest BCUT2D eigenvalue weighted by molar-refractivity contribution is -0.191. The maximum Gasteiger partial charge on any atom is 0.414 e. The largest absolute Gasteiger partial charge is 0.488 e. The first-order chi connectivity index (χ1) is 19.9. The summed E-state index contributed by atoms with van der Waals surface area (Å²) in [5.74, 6) is -0.852. The molecule has 2 aromatic heterocycles. The Bertz CT molecular complexity index is 1690. The number of amides is 1. The van der Waals surface area contributed by atoms with E-state index in [1.807, 2.05) is 0 Å². The second kappa shape index (κ2) is 9.92. The second-order valence-corrected chi connectivity index (χ2v) is 10.8. The van der Waals surface area contributed by atoms with Gasteiger partial charge in [-0.3, -0.25) is 9.78 Å². The lowest BCUT2D eigenvalue weighted by Gasteiger charge is -2.28. The number of aromatic nitrogens is 2. The third-order valence-corrected chi connectivity index (χ3v) is 7.42. The van der Waals surface area contributed by atoms with Crippen LogP contribution in [0.15, 0.2) is 60.8 Å². The Morgan fingerprint density at radius 3 is 2.62 bits per heavy atom. The fourth-order valence-electron chi connectivity index (χ4n) is 4.78. The standard InChI is InChI=1S/C30H26F4N4O4/c1-28(40,14-37-27(39)18-11-17-3-2-10-36-24(17)22(12-18)42-20-8-9-20)23-13-21-26(41-15-29(21,35)30(32,33)34)25(38-23)16-4-6-19(31)7-5-16/h2-7,10-13,20,40H,8-9,14-15,35H2,1H3,(H,37,39)/t28-,29-/m0/s1. The normalized spacial score (nSPS) is 19.6. The minimum absolute atomic E-state index is 0.0467. The van der Waals surface area contributed by atoms with E-state index >= 15 is 0 Å². The number of fused-ring (bicyclic) bond motifs is 2. The van der Waals surface area contributed by atoms with Crippen LogP contribution in [0.4, 0.5) is 17.6 Å². The van der Waals surface area contributed by atoms with E-state index in [2.05, 4.69) is 15.3 Å². The summed E-state index contributed by atoms with van der Waals surface area (Å²) in [4.78, 5) is 22.0. The molecular weight excluding hydrogens is 556 g/mol. The molecule has 0 bridgehead atoms. The number of nitrogens with one attached hydrogen (secondary N) is 1. The molecule has 218 valence electrons. The van der Waals surface area contributed by atoms with Crippen LogP contribution in [0.25, 0.3) is 22.2 Å². The molecule has 2 atom stereocenters. The van der Waals surface area contributed by atoms with Crippen molar-refractivity contribution in [2.75, 3.05) is 13.2 Å². The average Bonchev–Trinajstić information content (AvgIpc) is 3.71. The summed E-state index contributed by atoms with van der Waals surface area (Å²) in [6, 6.07) is 12.7. The van der Waals surface area contributed by atoms with Crippen molar-refractivity contribution < 1.29 is 36.9 Å². The zero-order chi connectivity index (χ0) is 29.9. The van der Waals surface area contributed by atoms with Crippen molar-refractivity contribution in [3.63, 3.8) is 0 Å². The van der Waals surface area contributed by atoms with Gasteiger partial charge in [-0.2, -0.15) is 13.2 Å². The summed E-state index contributed by atoms with van der Waals surface area (Å²) in [6.07, 6.45) is -1.38. The lowest BCUT2D eigenvalue weighted by atomic mass is 9.88. The Balaban J connectivity index is 1.33. The zero-order valence-corrected chi connectivity index (χ0v) is 22.3. The van der Waals surface area contributed by atoms with Crippen LogP contribution in [0.2, 0.25) is 0 Å². The predicted molar refractivity (Wildman–Crippen MR) is 144 cm³/mol. The van der Waals surface area contributed by atoms with Gasteiger partial charge in [-0.15, -0.1) is 0 Å². The smallest absolute Gasteiger partial charge is 0.414 e. The number of benzene rings is 2. The van der Waals surface area contributed by atoms with Gasteiger partial charge in [-0.05, 0) is 68.3 Å². The van der Waals surface area contributed by atoms with Crippen LogP contribution < -0.4 is 20.5 Å². The van der Waals surface area contributed by atoms with Gasteiger partial charge in [0.25, 0.3) is 5.91 Å². The number of halogens is 4. The monoisotopic (exact) mass is 582 g/mol. The van der Waals surface area contributed by atoms with E-state index in [1.165, 1.54) is 19.1 Å². The van der Waals surface area contributed by atoms with E-state index in [9.17, 15) is 27.5 Å². The van der Waals surface area contributed by atoms with E-state index in [-0.39, 0.29) is 34.4 Å². The number of pyridine rings is 2. The van der Waals surface area contributed by atoms with Crippen molar-refractivity contribution in [3.8, 4) is 22.8 Å². The summed E-state index contributed by atoms with van der Waals surface area (Å²) in [5.41, 5.74) is 1.47. The first kappa shape index (κ1) is 27.9. The van der Waals surface area contributed by atoms with Crippen molar-refractivity contribution in [2.24, 2.45) is 5.73 Å². The molecule has 1 aliphatic carbocycles. The fraction of sp³-hybridized carbons (Fsp3) is 0.300. The number of carbonyl (C=O) groups excluding carboxylic acids is 1. The number of carbonyl (C=O) groups is 1. The molecule has 2 aliphatic rings. The van der Waals surface area contributed by atoms with Gasteiger partial charge in [0.15, 0.2) is 11.3 Å². The van der Waals surface area contributed by atoms with E-state index in [1.54, 1.807) is 30.5 Å². The Kier molecular flexibility index (Phi) is 6.58. The molecule has 1 amide bonds. The van der Waals surface area contributed by atoms with Crippen LogP contribution in [0.5, 0.6) is 11.5 Å². The molecule has 0 unspecified atom stereocenters. The Labute approximate surface area is 237 Å². The molecule has 1 fully saturated rings. The highest BCUT2D eigenvalue weighted by molar-refractivity contribution is 5.99. The number of alkyl halides is 3. The van der Waals surface area contributed by atoms with E-state index in [0.29, 0.717) is 16.7 Å². The Hall–Kier alpha value is -4.29. The summed E-state index contributed by atoms with van der Waals surface area (Å²) < 4.78 is 67.2. The van der Waals surface area contributed by atoms with Gasteiger partial charge in [0, 0.05) is 28.3 Å². The maximum absolute atomic E-state index is 14.1. The molecule has 1 saturated carbocycles. The molecule has 12 heteroatoms. The molecule has 8 nitrogen and oxygen atoms in total. The first-order valence-corrected chi connectivity index (χ1v) is 13.2. The van der Waals surface area contributed by atoms with Crippen LogP contribution in [-0.2, 0) is 11.1 Å². The highest BCUT2D eigenvalue weighted by Crippen LogP contribution is 2.49. The van der Waals surface area contributed by atoms with Crippen molar-refractivity contribution in [3.05, 3.63) is 83.4 Å². The van der Waals surface area contributed by atoms with Gasteiger partial charge < -0.3 is 25.6 Å². The number of ether oxygens (including phenoxy) is 2. The molecule has 0 saturated heterocycles. The SMILES string of the molecule is C[C@](O)(CNC(=O)c1cc(OC2CC2)c2ncccc2c1)c1cc2c(c(-c3ccc(F)cc3)n1)OC[C@@]2(N)C(F)(F)F. The quantitative estimate of drug-likeness (QED) is 0.270. The van der Waals surface area contributed by atoms with Gasteiger partial charge in [-0.1, -0.05) is 6.07 Å². The van der Waals surface area contributed by atoms with Gasteiger partial charge in [-0.25, -0.2) is 9.37 Å². The van der Waals surface area contributed by atoms with E-state index in [4.69, 9.17) is 15.2 Å². The number of nitrogens with two attached hydrogens (primary N) is 1. The van der Waals surface area contributed by atoms with Gasteiger partial charge >= 0.3 is 6.18 Å². The topological polar surface area (TPSA) is 120 Å². The molecule has 42 heavy (non-hydrogen) atoms. The summed E-state index contributed by atoms with van der Waals surface area (Å²) in [5, 5.41) is 14.7. The second-order valence-electron chi connectivity index (χ2n) is 10.8. The summed E-state index contributed by atoms with van der Waals surface area (Å²) in [6.45, 7) is 0.00489. The third kappa shape index (κ3) is 5.01. The minimum atomic E-state index is -4.89. The number of hydrogen-bond acceptors (Lipinski definition) is 7. The highest BCUT2D eigenvalue weighted by Gasteiger charge is 2.59. The molecule has 0 radical (unpaired) electrons. The fourth-order valence-corrected chi connectivity index (χ4v) is 4.78. The number of hydrogen-bond donors (Lipinski definition) is 3. The number of rotatable bonds is 7. The predicted octanol–water partition coefficient (Wildman–Crippen LogP) is 4.72. The number of nitrogens with zero attached hydrogens (tertiary/aromatic N) is 2. The molecule has 2 aromatic carbocycles. The van der Waals surface area contributed by atoms with Crippen molar-refractivity contribution in [2.45, 2.75) is 43.2 Å². The van der Waals surface area contributed by atoms with E-state index < -0.39 is 47.8 Å². The molecule has 3 heterocycles. The summed E-state index contributed by atoms with van der Waals surface area (Å²) in [7, 11) is 0. The first-order valence-electron chi connectivity index (χ1n) is 13.2. The molecule has 4 aromatic rings. The maximum atomic E-state index is 14.1. The lowest BCUT2D eigenvalue weighted by Crippen LogP contribution is -2.52. The Morgan fingerprint density at radius 2 is 1.93 bits per heavy atom. The van der Waals surface area contributed by atoms with Crippen LogP contribution in [0.3, 0.4) is 0 Å². The van der Waals surface area contributed by atoms with Crippen molar-refractivity contribution in [1.82, 2.24) is 15.3 Å². The average molecular weight is 583 g/mol. The summed E-state index contributed by atoms with van der Waals surface area (Å²) >= 11 is 0.